The van der Waals surface area contributed by atoms with E-state index in [0.717, 1.165) is 26.7 Å². The molecule has 0 unspecified atom stereocenters. The Morgan fingerprint density at radius 2 is 1.46 bits per heavy atom. The van der Waals surface area contributed by atoms with Crippen LogP contribution >= 0.6 is 31.9 Å². The number of aromatic hydroxyl groups is 1. The predicted octanol–water partition coefficient (Wildman–Crippen LogP) is 5.88. The SMILES string of the molecule is O=C(N/N=C/C12c3ccccc3C(c3ccccc31)[C@H]1C(=O)N(c3ccc(Br)cc3)C(=O)[C@H]12)c1cc(Br)ccc1O. The van der Waals surface area contributed by atoms with Crippen LogP contribution in [0.2, 0.25) is 0 Å². The number of hydrogen-bond donors (Lipinski definition) is 2. The average Bonchev–Trinajstić information content (AvgIpc) is 3.25. The number of carbonyl (C=O) groups is 3. The fraction of sp³-hybridized carbons (Fsp3) is 0.125. The summed E-state index contributed by atoms with van der Waals surface area (Å²) in [5.74, 6) is -3.07. The molecule has 2 atom stereocenters. The maximum absolute atomic E-state index is 14.4. The molecule has 202 valence electrons. The standard InChI is InChI=1S/C32H21Br2N3O4/c33-17-9-12-19(13-10-17)37-30(40)27-26-20-5-1-3-7-23(20)32(28(27)31(37)41,24-8-4-2-6-21(24)26)16-35-36-29(39)22-15-18(34)11-14-25(22)38/h1-16,26-28,38H,(H,36,39)/b35-16+/t26?,27-,28+,32?/m1/s1. The minimum Gasteiger partial charge on any atom is -0.507 e. The maximum atomic E-state index is 14.4. The second-order valence-electron chi connectivity index (χ2n) is 10.4. The summed E-state index contributed by atoms with van der Waals surface area (Å²) in [6.07, 6.45) is 1.60. The van der Waals surface area contributed by atoms with Gasteiger partial charge in [0.25, 0.3) is 5.91 Å². The summed E-state index contributed by atoms with van der Waals surface area (Å²) in [7, 11) is 0. The number of rotatable bonds is 4. The monoisotopic (exact) mass is 669 g/mol. The summed E-state index contributed by atoms with van der Waals surface area (Å²) >= 11 is 6.75. The Morgan fingerprint density at radius 3 is 2.12 bits per heavy atom. The van der Waals surface area contributed by atoms with E-state index >= 15 is 0 Å². The fourth-order valence-electron chi connectivity index (χ4n) is 6.84. The molecule has 4 aromatic carbocycles. The van der Waals surface area contributed by atoms with Crippen molar-refractivity contribution in [3.05, 3.63) is 128 Å². The number of carbonyl (C=O) groups excluding carboxylic acids is 3. The van der Waals surface area contributed by atoms with Gasteiger partial charge in [-0.05, 0) is 64.7 Å². The van der Waals surface area contributed by atoms with E-state index in [9.17, 15) is 19.5 Å². The summed E-state index contributed by atoms with van der Waals surface area (Å²) in [6.45, 7) is 0. The number of nitrogens with zero attached hydrogens (tertiary/aromatic N) is 2. The molecule has 0 saturated carbocycles. The van der Waals surface area contributed by atoms with Crippen molar-refractivity contribution in [2.45, 2.75) is 11.3 Å². The van der Waals surface area contributed by atoms with Gasteiger partial charge in [-0.25, -0.2) is 10.3 Å². The molecule has 41 heavy (non-hydrogen) atoms. The minimum absolute atomic E-state index is 0.0496. The number of amides is 3. The van der Waals surface area contributed by atoms with Crippen molar-refractivity contribution in [1.82, 2.24) is 5.43 Å². The molecular weight excluding hydrogens is 650 g/mol. The first-order chi connectivity index (χ1) is 19.8. The van der Waals surface area contributed by atoms with E-state index in [4.69, 9.17) is 0 Å². The molecule has 0 radical (unpaired) electrons. The van der Waals surface area contributed by atoms with Crippen LogP contribution in [0, 0.1) is 11.8 Å². The summed E-state index contributed by atoms with van der Waals surface area (Å²) in [5.41, 5.74) is 5.68. The first-order valence-electron chi connectivity index (χ1n) is 13.0. The first-order valence-corrected chi connectivity index (χ1v) is 14.6. The molecular formula is C32H21Br2N3O4. The molecule has 2 N–H and O–H groups in total. The van der Waals surface area contributed by atoms with Gasteiger partial charge >= 0.3 is 0 Å². The molecule has 7 nitrogen and oxygen atoms in total. The first kappa shape index (κ1) is 25.9. The van der Waals surface area contributed by atoms with Gasteiger partial charge in [0.1, 0.15) is 5.75 Å². The van der Waals surface area contributed by atoms with Crippen LogP contribution in [0.4, 0.5) is 5.69 Å². The van der Waals surface area contributed by atoms with Gasteiger partial charge in [-0.3, -0.25) is 14.4 Å². The molecule has 4 aliphatic rings. The third-order valence-electron chi connectivity index (χ3n) is 8.41. The van der Waals surface area contributed by atoms with E-state index < -0.39 is 23.2 Å². The highest BCUT2D eigenvalue weighted by molar-refractivity contribution is 9.10. The lowest BCUT2D eigenvalue weighted by atomic mass is 9.47. The lowest BCUT2D eigenvalue weighted by molar-refractivity contribution is -0.122. The number of hydrogen-bond acceptors (Lipinski definition) is 5. The van der Waals surface area contributed by atoms with Crippen molar-refractivity contribution in [3.8, 4) is 5.75 Å². The Bertz CT molecular complexity index is 1760. The lowest BCUT2D eigenvalue weighted by Gasteiger charge is -2.52. The molecule has 9 heteroatoms. The number of phenolic OH excluding ortho intramolecular Hbond substituents is 1. The Labute approximate surface area is 252 Å². The minimum atomic E-state index is -1.12. The number of anilines is 1. The van der Waals surface area contributed by atoms with Crippen molar-refractivity contribution >= 4 is 61.5 Å². The highest BCUT2D eigenvalue weighted by atomic mass is 79.9. The van der Waals surface area contributed by atoms with Crippen LogP contribution in [-0.2, 0) is 15.0 Å². The van der Waals surface area contributed by atoms with Crippen LogP contribution < -0.4 is 10.3 Å². The summed E-state index contributed by atoms with van der Waals surface area (Å²) in [5, 5.41) is 14.6. The van der Waals surface area contributed by atoms with Gasteiger partial charge in [0.05, 0.1) is 28.5 Å². The smallest absolute Gasteiger partial charge is 0.275 e. The molecule has 1 saturated heterocycles. The van der Waals surface area contributed by atoms with Crippen molar-refractivity contribution in [2.24, 2.45) is 16.9 Å². The van der Waals surface area contributed by atoms with E-state index in [1.807, 2.05) is 48.5 Å². The molecule has 8 rings (SSSR count). The van der Waals surface area contributed by atoms with Crippen molar-refractivity contribution in [1.29, 1.82) is 0 Å². The molecule has 3 aliphatic carbocycles. The second kappa shape index (κ2) is 9.49. The average molecular weight is 671 g/mol. The molecule has 2 bridgehead atoms. The Hall–Kier alpha value is -4.08. The number of nitrogens with one attached hydrogen (secondary N) is 1. The molecule has 1 heterocycles. The fourth-order valence-corrected chi connectivity index (χ4v) is 7.46. The van der Waals surface area contributed by atoms with E-state index in [2.05, 4.69) is 42.4 Å². The Kier molecular flexibility index (Phi) is 5.99. The van der Waals surface area contributed by atoms with Crippen LogP contribution in [0.25, 0.3) is 0 Å². The highest BCUT2D eigenvalue weighted by Crippen LogP contribution is 2.63. The van der Waals surface area contributed by atoms with Crippen molar-refractivity contribution in [2.75, 3.05) is 4.90 Å². The molecule has 0 aromatic heterocycles. The summed E-state index contributed by atoms with van der Waals surface area (Å²) < 4.78 is 1.47. The number of benzene rings is 4. The number of halogens is 2. The predicted molar refractivity (Wildman–Crippen MR) is 161 cm³/mol. The van der Waals surface area contributed by atoms with Crippen molar-refractivity contribution < 1.29 is 19.5 Å². The topological polar surface area (TPSA) is 99.1 Å². The van der Waals surface area contributed by atoms with Crippen LogP contribution in [0.5, 0.6) is 5.75 Å². The van der Waals surface area contributed by atoms with Crippen LogP contribution in [0.1, 0.15) is 38.5 Å². The number of phenols is 1. The highest BCUT2D eigenvalue weighted by Gasteiger charge is 2.68. The molecule has 4 aromatic rings. The summed E-state index contributed by atoms with van der Waals surface area (Å²) in [4.78, 5) is 42.8. The molecule has 1 fully saturated rings. The zero-order valence-electron chi connectivity index (χ0n) is 21.3. The molecule has 1 aliphatic heterocycles. The van der Waals surface area contributed by atoms with Crippen LogP contribution in [0.3, 0.4) is 0 Å². The van der Waals surface area contributed by atoms with Gasteiger partial charge in [0.15, 0.2) is 0 Å². The maximum Gasteiger partial charge on any atom is 0.275 e. The normalized spacial score (nSPS) is 23.9. The van der Waals surface area contributed by atoms with Gasteiger partial charge in [-0.15, -0.1) is 0 Å². The number of imide groups is 1. The lowest BCUT2D eigenvalue weighted by Crippen LogP contribution is -2.54. The van der Waals surface area contributed by atoms with E-state index in [1.165, 1.54) is 17.0 Å². The van der Waals surface area contributed by atoms with E-state index in [1.54, 1.807) is 36.5 Å². The van der Waals surface area contributed by atoms with Gasteiger partial charge in [0, 0.05) is 21.1 Å². The van der Waals surface area contributed by atoms with E-state index in [0.29, 0.717) is 10.2 Å². The van der Waals surface area contributed by atoms with Gasteiger partial charge in [-0.2, -0.15) is 5.10 Å². The van der Waals surface area contributed by atoms with Gasteiger partial charge < -0.3 is 5.11 Å². The Balaban J connectivity index is 1.40. The third kappa shape index (κ3) is 3.68. The van der Waals surface area contributed by atoms with Crippen LogP contribution in [0.15, 0.2) is 105 Å². The number of hydrazone groups is 1. The van der Waals surface area contributed by atoms with Crippen molar-refractivity contribution in [3.63, 3.8) is 0 Å². The largest absolute Gasteiger partial charge is 0.507 e. The third-order valence-corrected chi connectivity index (χ3v) is 9.43. The van der Waals surface area contributed by atoms with E-state index in [-0.39, 0.29) is 29.0 Å². The molecule has 3 amide bonds. The molecule has 0 spiro atoms. The summed E-state index contributed by atoms with van der Waals surface area (Å²) in [6, 6.07) is 27.3. The van der Waals surface area contributed by atoms with Gasteiger partial charge in [-0.1, -0.05) is 80.4 Å². The Morgan fingerprint density at radius 1 is 0.854 bits per heavy atom. The quantitative estimate of drug-likeness (QED) is 0.161. The zero-order valence-corrected chi connectivity index (χ0v) is 24.5. The zero-order chi connectivity index (χ0) is 28.5. The second-order valence-corrected chi connectivity index (χ2v) is 12.2. The van der Waals surface area contributed by atoms with Gasteiger partial charge in [0.2, 0.25) is 11.8 Å². The van der Waals surface area contributed by atoms with Crippen LogP contribution in [-0.4, -0.2) is 29.0 Å².